The maximum absolute atomic E-state index is 14.3. The lowest BCUT2D eigenvalue weighted by Gasteiger charge is -2.21. The van der Waals surface area contributed by atoms with E-state index in [4.69, 9.17) is 5.26 Å². The predicted octanol–water partition coefficient (Wildman–Crippen LogP) is 4.75. The van der Waals surface area contributed by atoms with Crippen LogP contribution >= 0.6 is 0 Å². The van der Waals surface area contributed by atoms with Crippen molar-refractivity contribution in [1.29, 1.82) is 5.26 Å². The summed E-state index contributed by atoms with van der Waals surface area (Å²) in [5.74, 6) is -1.98. The summed E-state index contributed by atoms with van der Waals surface area (Å²) in [4.78, 5) is 29.5. The summed E-state index contributed by atoms with van der Waals surface area (Å²) in [6, 6.07) is 5.77. The highest BCUT2D eigenvalue weighted by Gasteiger charge is 2.36. The molecule has 0 N–H and O–H groups in total. The van der Waals surface area contributed by atoms with Gasteiger partial charge in [-0.25, -0.2) is 9.37 Å². The van der Waals surface area contributed by atoms with Crippen LogP contribution in [0.3, 0.4) is 0 Å². The molecule has 0 saturated carbocycles. The minimum absolute atomic E-state index is 0.0354. The van der Waals surface area contributed by atoms with Crippen molar-refractivity contribution in [2.45, 2.75) is 32.9 Å². The van der Waals surface area contributed by atoms with Crippen molar-refractivity contribution in [3.8, 4) is 6.07 Å². The second kappa shape index (κ2) is 7.24. The lowest BCUT2D eigenvalue weighted by molar-refractivity contribution is -0.138. The SMILES string of the molecule is CCC1=C(Cc2ccc(C(F)(F)F)c(C#N)n2)C(=O)c2cc(C)cc(F)c2C1=O. The highest BCUT2D eigenvalue weighted by atomic mass is 19.4. The van der Waals surface area contributed by atoms with Gasteiger partial charge in [0.25, 0.3) is 0 Å². The second-order valence-electron chi connectivity index (χ2n) is 6.62. The molecular formula is C21H14F4N2O2. The number of hydrogen-bond donors (Lipinski definition) is 0. The number of nitrogens with zero attached hydrogens (tertiary/aromatic N) is 2. The first-order valence-corrected chi connectivity index (χ1v) is 8.67. The standard InChI is InChI=1S/C21H14F4N2O2/c1-3-12-13(8-11-4-5-15(21(23,24)25)17(9-26)27-11)19(28)14-6-10(2)7-16(22)18(14)20(12)29/h4-7H,3,8H2,1-2H3. The number of fused-ring (bicyclic) bond motifs is 1. The molecule has 148 valence electrons. The average molecular weight is 402 g/mol. The predicted molar refractivity (Wildman–Crippen MR) is 94.8 cm³/mol. The summed E-state index contributed by atoms with van der Waals surface area (Å²) in [6.07, 6.45) is -4.84. The third-order valence-corrected chi connectivity index (χ3v) is 4.69. The van der Waals surface area contributed by atoms with Gasteiger partial charge in [-0.3, -0.25) is 9.59 Å². The molecule has 0 bridgehead atoms. The Labute approximate surface area is 163 Å². The van der Waals surface area contributed by atoms with Crippen molar-refractivity contribution < 1.29 is 27.2 Å². The van der Waals surface area contributed by atoms with E-state index in [9.17, 15) is 27.2 Å². The van der Waals surface area contributed by atoms with E-state index in [0.717, 1.165) is 12.1 Å². The quantitative estimate of drug-likeness (QED) is 0.695. The summed E-state index contributed by atoms with van der Waals surface area (Å²) in [5.41, 5.74) is -1.73. The normalized spacial score (nSPS) is 14.1. The van der Waals surface area contributed by atoms with Gasteiger partial charge in [-0.1, -0.05) is 6.92 Å². The van der Waals surface area contributed by atoms with E-state index in [1.165, 1.54) is 18.2 Å². The number of pyridine rings is 1. The molecule has 2 aromatic rings. The van der Waals surface area contributed by atoms with Crippen LogP contribution in [0.4, 0.5) is 17.6 Å². The van der Waals surface area contributed by atoms with Crippen LogP contribution in [-0.4, -0.2) is 16.6 Å². The first-order valence-electron chi connectivity index (χ1n) is 8.67. The van der Waals surface area contributed by atoms with Gasteiger partial charge in [0.15, 0.2) is 17.3 Å². The van der Waals surface area contributed by atoms with E-state index >= 15 is 0 Å². The number of aromatic nitrogens is 1. The Bertz CT molecular complexity index is 1120. The van der Waals surface area contributed by atoms with Crippen LogP contribution in [0.5, 0.6) is 0 Å². The van der Waals surface area contributed by atoms with Crippen molar-refractivity contribution in [2.24, 2.45) is 0 Å². The molecule has 1 aliphatic carbocycles. The van der Waals surface area contributed by atoms with Gasteiger partial charge >= 0.3 is 6.18 Å². The second-order valence-corrected chi connectivity index (χ2v) is 6.62. The Kier molecular flexibility index (Phi) is 5.09. The van der Waals surface area contributed by atoms with Crippen molar-refractivity contribution in [3.05, 3.63) is 74.9 Å². The van der Waals surface area contributed by atoms with Gasteiger partial charge in [-0.2, -0.15) is 18.4 Å². The molecule has 0 atom stereocenters. The fourth-order valence-corrected chi connectivity index (χ4v) is 3.39. The van der Waals surface area contributed by atoms with E-state index in [1.54, 1.807) is 13.8 Å². The topological polar surface area (TPSA) is 70.8 Å². The molecule has 8 heteroatoms. The largest absolute Gasteiger partial charge is 0.419 e. The summed E-state index contributed by atoms with van der Waals surface area (Å²) in [5, 5.41) is 9.01. The van der Waals surface area contributed by atoms with Crippen molar-refractivity contribution >= 4 is 11.6 Å². The minimum Gasteiger partial charge on any atom is -0.289 e. The Balaban J connectivity index is 2.10. The number of alkyl halides is 3. The van der Waals surface area contributed by atoms with Crippen LogP contribution < -0.4 is 0 Å². The zero-order valence-corrected chi connectivity index (χ0v) is 15.4. The lowest BCUT2D eigenvalue weighted by Crippen LogP contribution is -2.25. The number of carbonyl (C=O) groups excluding carboxylic acids is 2. The van der Waals surface area contributed by atoms with Crippen LogP contribution in [0, 0.1) is 24.1 Å². The van der Waals surface area contributed by atoms with Gasteiger partial charge in [0.2, 0.25) is 0 Å². The molecule has 0 radical (unpaired) electrons. The Morgan fingerprint density at radius 2 is 1.79 bits per heavy atom. The molecular weight excluding hydrogens is 388 g/mol. The maximum Gasteiger partial charge on any atom is 0.419 e. The van der Waals surface area contributed by atoms with Gasteiger partial charge in [-0.05, 0) is 43.2 Å². The minimum atomic E-state index is -4.74. The first kappa shape index (κ1) is 20.4. The molecule has 1 aromatic carbocycles. The maximum atomic E-state index is 14.3. The average Bonchev–Trinajstić information content (AvgIpc) is 2.64. The Morgan fingerprint density at radius 1 is 1.10 bits per heavy atom. The number of benzene rings is 1. The Morgan fingerprint density at radius 3 is 2.38 bits per heavy atom. The summed E-state index contributed by atoms with van der Waals surface area (Å²) >= 11 is 0. The molecule has 0 saturated heterocycles. The van der Waals surface area contributed by atoms with E-state index in [2.05, 4.69) is 4.98 Å². The number of carbonyl (C=O) groups is 2. The summed E-state index contributed by atoms with van der Waals surface area (Å²) < 4.78 is 53.2. The molecule has 1 aromatic heterocycles. The first-order chi connectivity index (χ1) is 13.6. The molecule has 0 fully saturated rings. The van der Waals surface area contributed by atoms with Crippen molar-refractivity contribution in [1.82, 2.24) is 4.98 Å². The number of allylic oxidation sites excluding steroid dienone is 2. The number of hydrogen-bond acceptors (Lipinski definition) is 4. The number of Topliss-reactive ketones (excluding diaryl/α,β-unsaturated/α-hetero) is 2. The molecule has 29 heavy (non-hydrogen) atoms. The third-order valence-electron chi connectivity index (χ3n) is 4.69. The molecule has 0 aliphatic heterocycles. The zero-order valence-electron chi connectivity index (χ0n) is 15.4. The van der Waals surface area contributed by atoms with Crippen LogP contribution in [0.15, 0.2) is 35.4 Å². The van der Waals surface area contributed by atoms with Crippen LogP contribution in [0.2, 0.25) is 0 Å². The molecule has 0 spiro atoms. The van der Waals surface area contributed by atoms with Gasteiger partial charge in [0.1, 0.15) is 11.9 Å². The monoisotopic (exact) mass is 402 g/mol. The van der Waals surface area contributed by atoms with Gasteiger partial charge in [-0.15, -0.1) is 0 Å². The van der Waals surface area contributed by atoms with Crippen LogP contribution in [-0.2, 0) is 12.6 Å². The highest BCUT2D eigenvalue weighted by molar-refractivity contribution is 6.27. The number of rotatable bonds is 3. The smallest absolute Gasteiger partial charge is 0.289 e. The van der Waals surface area contributed by atoms with Gasteiger partial charge in [0, 0.05) is 28.8 Å². The molecule has 4 nitrogen and oxygen atoms in total. The molecule has 3 rings (SSSR count). The van der Waals surface area contributed by atoms with Gasteiger partial charge in [0.05, 0.1) is 11.1 Å². The van der Waals surface area contributed by atoms with Crippen LogP contribution in [0.25, 0.3) is 0 Å². The van der Waals surface area contributed by atoms with E-state index < -0.39 is 34.8 Å². The lowest BCUT2D eigenvalue weighted by atomic mass is 9.80. The highest BCUT2D eigenvalue weighted by Crippen LogP contribution is 2.34. The van der Waals surface area contributed by atoms with E-state index in [1.807, 2.05) is 0 Å². The number of ketones is 2. The number of halogens is 4. The Hall–Kier alpha value is -3.34. The van der Waals surface area contributed by atoms with Crippen molar-refractivity contribution in [2.75, 3.05) is 0 Å². The molecule has 0 amide bonds. The fourth-order valence-electron chi connectivity index (χ4n) is 3.39. The summed E-state index contributed by atoms with van der Waals surface area (Å²) in [6.45, 7) is 3.20. The van der Waals surface area contributed by atoms with Crippen LogP contribution in [0.1, 0.15) is 56.6 Å². The molecule has 1 aliphatic rings. The van der Waals surface area contributed by atoms with Gasteiger partial charge < -0.3 is 0 Å². The van der Waals surface area contributed by atoms with E-state index in [0.29, 0.717) is 5.56 Å². The number of nitriles is 1. The molecule has 1 heterocycles. The van der Waals surface area contributed by atoms with E-state index in [-0.39, 0.29) is 40.8 Å². The summed E-state index contributed by atoms with van der Waals surface area (Å²) in [7, 11) is 0. The fraction of sp³-hybridized carbons (Fsp3) is 0.238. The molecule has 0 unspecified atom stereocenters. The number of aryl methyl sites for hydroxylation is 1. The zero-order chi connectivity index (χ0) is 21.5. The third kappa shape index (κ3) is 3.56. The van der Waals surface area contributed by atoms with Crippen molar-refractivity contribution in [3.63, 3.8) is 0 Å².